The molecule has 21 heavy (non-hydrogen) atoms. The lowest BCUT2D eigenvalue weighted by molar-refractivity contribution is -0.709. The van der Waals surface area contributed by atoms with Crippen molar-refractivity contribution >= 4 is 22.2 Å². The van der Waals surface area contributed by atoms with E-state index in [4.69, 9.17) is 5.26 Å². The number of benzene rings is 1. The third-order valence-electron chi connectivity index (χ3n) is 3.34. The fourth-order valence-electron chi connectivity index (χ4n) is 2.11. The van der Waals surface area contributed by atoms with Crippen LogP contribution in [0.4, 0.5) is 5.00 Å². The Kier molecular flexibility index (Phi) is 5.09. The summed E-state index contributed by atoms with van der Waals surface area (Å²) >= 11 is 1.37. The Morgan fingerprint density at radius 1 is 1.29 bits per heavy atom. The zero-order chi connectivity index (χ0) is 15.2. The van der Waals surface area contributed by atoms with Crippen LogP contribution in [0, 0.1) is 11.3 Å². The fourth-order valence-corrected chi connectivity index (χ4v) is 2.85. The van der Waals surface area contributed by atoms with Crippen molar-refractivity contribution in [3.05, 3.63) is 52.9 Å². The summed E-state index contributed by atoms with van der Waals surface area (Å²) in [5.74, 6) is -0.0864. The number of anilines is 1. The molecule has 0 aliphatic heterocycles. The zero-order valence-corrected chi connectivity index (χ0v) is 12.9. The molecule has 5 heteroatoms. The van der Waals surface area contributed by atoms with Crippen LogP contribution in [0.2, 0.25) is 0 Å². The minimum absolute atomic E-state index is 0.0864. The van der Waals surface area contributed by atoms with Gasteiger partial charge in [0.15, 0.2) is 6.04 Å². The molecule has 108 valence electrons. The normalized spacial score (nSPS) is 13.2. The number of rotatable bonds is 5. The van der Waals surface area contributed by atoms with E-state index in [1.54, 1.807) is 11.4 Å². The van der Waals surface area contributed by atoms with Gasteiger partial charge in [-0.25, -0.2) is 0 Å². The molecule has 2 rings (SSSR count). The van der Waals surface area contributed by atoms with Crippen molar-refractivity contribution in [1.82, 2.24) is 0 Å². The highest BCUT2D eigenvalue weighted by Crippen LogP contribution is 2.22. The van der Waals surface area contributed by atoms with E-state index >= 15 is 0 Å². The van der Waals surface area contributed by atoms with E-state index < -0.39 is 0 Å². The van der Waals surface area contributed by atoms with Crippen LogP contribution in [-0.4, -0.2) is 11.9 Å². The molecule has 0 saturated carbocycles. The molecule has 0 unspecified atom stereocenters. The second-order valence-electron chi connectivity index (χ2n) is 4.94. The Bertz CT molecular complexity index is 645. The van der Waals surface area contributed by atoms with Crippen molar-refractivity contribution in [2.45, 2.75) is 25.9 Å². The maximum absolute atomic E-state index is 12.2. The van der Waals surface area contributed by atoms with Gasteiger partial charge in [0.05, 0.1) is 5.56 Å². The van der Waals surface area contributed by atoms with E-state index in [2.05, 4.69) is 30.4 Å². The Morgan fingerprint density at radius 2 is 2.00 bits per heavy atom. The van der Waals surface area contributed by atoms with Crippen molar-refractivity contribution in [3.63, 3.8) is 0 Å². The maximum atomic E-state index is 12.2. The van der Waals surface area contributed by atoms with Crippen LogP contribution in [0.15, 0.2) is 41.8 Å². The lowest BCUT2D eigenvalue weighted by Gasteiger charge is -2.16. The fraction of sp³-hybridized carbons (Fsp3) is 0.250. The first-order valence-corrected chi connectivity index (χ1v) is 7.68. The summed E-state index contributed by atoms with van der Waals surface area (Å²) in [6.07, 6.45) is 0. The Labute approximate surface area is 128 Å². The number of nitrogens with zero attached hydrogens (tertiary/aromatic N) is 1. The predicted molar refractivity (Wildman–Crippen MR) is 83.9 cm³/mol. The average molecular weight is 300 g/mol. The number of thiophene rings is 1. The van der Waals surface area contributed by atoms with Crippen LogP contribution in [0.5, 0.6) is 0 Å². The molecule has 1 aromatic carbocycles. The lowest BCUT2D eigenvalue weighted by atomic mass is 10.1. The minimum Gasteiger partial charge on any atom is -0.330 e. The highest BCUT2D eigenvalue weighted by Gasteiger charge is 2.21. The van der Waals surface area contributed by atoms with Gasteiger partial charge in [0.1, 0.15) is 17.1 Å². The van der Waals surface area contributed by atoms with Gasteiger partial charge in [-0.1, -0.05) is 30.3 Å². The third-order valence-corrected chi connectivity index (χ3v) is 4.17. The summed E-state index contributed by atoms with van der Waals surface area (Å²) in [5.41, 5.74) is 1.70. The Hall–Kier alpha value is -2.16. The quantitative estimate of drug-likeness (QED) is 0.889. The summed E-state index contributed by atoms with van der Waals surface area (Å²) < 4.78 is 0. The number of hydrogen-bond acceptors (Lipinski definition) is 3. The molecule has 4 nitrogen and oxygen atoms in total. The first kappa shape index (κ1) is 15.2. The first-order chi connectivity index (χ1) is 10.1. The molecule has 3 N–H and O–H groups in total. The molecule has 0 aliphatic rings. The summed E-state index contributed by atoms with van der Waals surface area (Å²) in [6, 6.07) is 13.8. The van der Waals surface area contributed by atoms with Crippen LogP contribution >= 0.6 is 11.3 Å². The lowest BCUT2D eigenvalue weighted by Crippen LogP contribution is -2.91. The average Bonchev–Trinajstić information content (AvgIpc) is 2.95. The van der Waals surface area contributed by atoms with Crippen molar-refractivity contribution in [3.8, 4) is 6.07 Å². The number of nitriles is 1. The molecular weight excluding hydrogens is 282 g/mol. The van der Waals surface area contributed by atoms with Crippen molar-refractivity contribution < 1.29 is 10.1 Å². The van der Waals surface area contributed by atoms with Gasteiger partial charge in [-0.15, -0.1) is 11.3 Å². The van der Waals surface area contributed by atoms with Crippen LogP contribution in [0.25, 0.3) is 0 Å². The molecule has 0 spiro atoms. The van der Waals surface area contributed by atoms with E-state index in [9.17, 15) is 4.79 Å². The summed E-state index contributed by atoms with van der Waals surface area (Å²) in [5, 5.41) is 16.2. The second kappa shape index (κ2) is 7.02. The van der Waals surface area contributed by atoms with Crippen LogP contribution < -0.4 is 10.6 Å². The zero-order valence-electron chi connectivity index (χ0n) is 12.0. The summed E-state index contributed by atoms with van der Waals surface area (Å²) in [6.45, 7) is 3.94. The highest BCUT2D eigenvalue weighted by molar-refractivity contribution is 7.14. The predicted octanol–water partition coefficient (Wildman–Crippen LogP) is 2.27. The molecule has 0 fully saturated rings. The van der Waals surface area contributed by atoms with Gasteiger partial charge in [-0.2, -0.15) is 5.26 Å². The Morgan fingerprint density at radius 3 is 2.67 bits per heavy atom. The molecule has 1 amide bonds. The molecule has 0 radical (unpaired) electrons. The van der Waals surface area contributed by atoms with Crippen molar-refractivity contribution in [2.75, 3.05) is 5.32 Å². The standard InChI is InChI=1S/C16H17N3OS/c1-11(13-6-4-3-5-7-13)18-12(2)15(20)19-16-14(10-17)8-9-21-16/h3-9,11-12,18H,1-2H3,(H,19,20)/p+1/t11-,12-/m1/s1. The molecule has 0 bridgehead atoms. The summed E-state index contributed by atoms with van der Waals surface area (Å²) in [4.78, 5) is 12.2. The van der Waals surface area contributed by atoms with Gasteiger partial charge in [-0.05, 0) is 25.3 Å². The van der Waals surface area contributed by atoms with Crippen molar-refractivity contribution in [1.29, 1.82) is 5.26 Å². The number of amides is 1. The Balaban J connectivity index is 1.96. The highest BCUT2D eigenvalue weighted by atomic mass is 32.1. The largest absolute Gasteiger partial charge is 0.330 e. The molecule has 2 atom stereocenters. The van der Waals surface area contributed by atoms with Crippen molar-refractivity contribution in [2.24, 2.45) is 0 Å². The van der Waals surface area contributed by atoms with E-state index in [0.29, 0.717) is 10.6 Å². The van der Waals surface area contributed by atoms with E-state index in [0.717, 1.165) is 0 Å². The molecule has 2 aromatic rings. The van der Waals surface area contributed by atoms with E-state index in [1.165, 1.54) is 16.9 Å². The van der Waals surface area contributed by atoms with E-state index in [-0.39, 0.29) is 18.0 Å². The molecule has 0 aliphatic carbocycles. The summed E-state index contributed by atoms with van der Waals surface area (Å²) in [7, 11) is 0. The number of hydrogen-bond donors (Lipinski definition) is 2. The van der Waals surface area contributed by atoms with Gasteiger partial charge >= 0.3 is 0 Å². The molecule has 1 aromatic heterocycles. The molecular formula is C16H18N3OS+. The SMILES string of the molecule is C[C@@H]([NH2+][C@H](C)c1ccccc1)C(=O)Nc1sccc1C#N. The second-order valence-corrected chi connectivity index (χ2v) is 5.86. The van der Waals surface area contributed by atoms with Crippen LogP contribution in [-0.2, 0) is 4.79 Å². The maximum Gasteiger partial charge on any atom is 0.282 e. The first-order valence-electron chi connectivity index (χ1n) is 6.80. The number of nitrogens with two attached hydrogens (primary N) is 1. The number of carbonyl (C=O) groups is 1. The molecule has 0 saturated heterocycles. The van der Waals surface area contributed by atoms with Gasteiger partial charge in [0.2, 0.25) is 0 Å². The van der Waals surface area contributed by atoms with Gasteiger partial charge in [0.25, 0.3) is 5.91 Å². The van der Waals surface area contributed by atoms with Crippen LogP contribution in [0.3, 0.4) is 0 Å². The third kappa shape index (κ3) is 3.91. The van der Waals surface area contributed by atoms with Gasteiger partial charge in [-0.3, -0.25) is 4.79 Å². The molecule has 1 heterocycles. The number of carbonyl (C=O) groups excluding carboxylic acids is 1. The number of nitrogens with one attached hydrogen (secondary N) is 1. The van der Waals surface area contributed by atoms with Crippen LogP contribution in [0.1, 0.15) is 31.0 Å². The number of quaternary nitrogens is 1. The minimum atomic E-state index is -0.228. The van der Waals surface area contributed by atoms with E-state index in [1.807, 2.05) is 30.4 Å². The van der Waals surface area contributed by atoms with Gasteiger partial charge < -0.3 is 10.6 Å². The smallest absolute Gasteiger partial charge is 0.282 e. The monoisotopic (exact) mass is 300 g/mol. The topological polar surface area (TPSA) is 69.5 Å². The van der Waals surface area contributed by atoms with Gasteiger partial charge in [0, 0.05) is 5.56 Å².